The molecule has 0 saturated heterocycles. The van der Waals surface area contributed by atoms with Crippen molar-refractivity contribution in [2.75, 3.05) is 17.1 Å². The van der Waals surface area contributed by atoms with Crippen LogP contribution in [0.1, 0.15) is 45.1 Å². The Hall–Kier alpha value is -1.03. The second-order valence-electron chi connectivity index (χ2n) is 5.57. The minimum Gasteiger partial charge on any atom is -0.269 e. The molecule has 0 aromatic heterocycles. The van der Waals surface area contributed by atoms with Crippen LogP contribution in [0.5, 0.6) is 0 Å². The number of benzene rings is 1. The van der Waals surface area contributed by atoms with Crippen LogP contribution in [0.15, 0.2) is 24.3 Å². The van der Waals surface area contributed by atoms with E-state index in [-0.39, 0.29) is 5.41 Å². The Morgan fingerprint density at radius 1 is 1.16 bits per heavy atom. The molecule has 0 radical (unpaired) electrons. The van der Waals surface area contributed by atoms with Gasteiger partial charge in [0, 0.05) is 12.0 Å². The van der Waals surface area contributed by atoms with Gasteiger partial charge in [-0.15, -0.1) is 0 Å². The van der Waals surface area contributed by atoms with E-state index in [0.717, 1.165) is 31.4 Å². The van der Waals surface area contributed by atoms with Crippen molar-refractivity contribution in [2.45, 2.75) is 44.9 Å². The van der Waals surface area contributed by atoms with Gasteiger partial charge in [0.05, 0.1) is 11.9 Å². The molecule has 0 aliphatic carbocycles. The number of para-hydroxylation sites is 1. The Morgan fingerprint density at radius 3 is 2.26 bits per heavy atom. The Morgan fingerprint density at radius 2 is 1.74 bits per heavy atom. The fourth-order valence-electron chi connectivity index (χ4n) is 3.39. The van der Waals surface area contributed by atoms with Gasteiger partial charge >= 0.3 is 0 Å². The summed E-state index contributed by atoms with van der Waals surface area (Å²) in [5, 5.41) is 0. The lowest BCUT2D eigenvalue weighted by atomic mass is 9.75. The normalized spacial score (nSPS) is 17.5. The molecular formula is C15H23NO2S. The number of fused-ring (bicyclic) bond motifs is 1. The van der Waals surface area contributed by atoms with Gasteiger partial charge in [0.2, 0.25) is 10.0 Å². The molecule has 1 aliphatic rings. The molecule has 2 rings (SSSR count). The molecule has 1 heterocycles. The third-order valence-corrected chi connectivity index (χ3v) is 5.17. The van der Waals surface area contributed by atoms with E-state index in [1.54, 1.807) is 4.31 Å². The van der Waals surface area contributed by atoms with E-state index < -0.39 is 10.0 Å². The molecule has 1 aliphatic heterocycles. The molecule has 0 bridgehead atoms. The highest BCUT2D eigenvalue weighted by Crippen LogP contribution is 2.47. The van der Waals surface area contributed by atoms with E-state index in [0.29, 0.717) is 6.54 Å². The van der Waals surface area contributed by atoms with Crippen molar-refractivity contribution in [1.29, 1.82) is 0 Å². The molecule has 106 valence electrons. The lowest BCUT2D eigenvalue weighted by molar-refractivity contribution is 0.385. The first kappa shape index (κ1) is 14.4. The van der Waals surface area contributed by atoms with Crippen molar-refractivity contribution < 1.29 is 8.42 Å². The average molecular weight is 281 g/mol. The number of sulfonamides is 1. The number of hydrogen-bond acceptors (Lipinski definition) is 2. The molecule has 0 fully saturated rings. The van der Waals surface area contributed by atoms with E-state index in [4.69, 9.17) is 0 Å². The van der Waals surface area contributed by atoms with Gasteiger partial charge in [0.1, 0.15) is 0 Å². The molecule has 0 amide bonds. The topological polar surface area (TPSA) is 37.4 Å². The second-order valence-corrected chi connectivity index (χ2v) is 7.47. The van der Waals surface area contributed by atoms with Crippen LogP contribution in [0, 0.1) is 0 Å². The highest BCUT2D eigenvalue weighted by Gasteiger charge is 2.43. The minimum atomic E-state index is -3.19. The first-order valence-corrected chi connectivity index (χ1v) is 8.86. The molecule has 0 N–H and O–H groups in total. The zero-order chi connectivity index (χ0) is 14.1. The van der Waals surface area contributed by atoms with Crippen LogP contribution in [0.25, 0.3) is 0 Å². The van der Waals surface area contributed by atoms with Crippen LogP contribution in [0.2, 0.25) is 0 Å². The summed E-state index contributed by atoms with van der Waals surface area (Å²) in [6.07, 6.45) is 5.55. The predicted octanol–water partition coefficient (Wildman–Crippen LogP) is 3.30. The smallest absolute Gasteiger partial charge is 0.232 e. The van der Waals surface area contributed by atoms with E-state index in [1.165, 1.54) is 11.8 Å². The van der Waals surface area contributed by atoms with Crippen molar-refractivity contribution in [3.8, 4) is 0 Å². The number of rotatable bonds is 5. The van der Waals surface area contributed by atoms with Crippen LogP contribution in [-0.2, 0) is 15.4 Å². The van der Waals surface area contributed by atoms with Crippen LogP contribution in [0.4, 0.5) is 5.69 Å². The number of anilines is 1. The van der Waals surface area contributed by atoms with Gasteiger partial charge in [-0.2, -0.15) is 0 Å². The van der Waals surface area contributed by atoms with Gasteiger partial charge in [-0.1, -0.05) is 44.9 Å². The van der Waals surface area contributed by atoms with Crippen molar-refractivity contribution in [3.63, 3.8) is 0 Å². The van der Waals surface area contributed by atoms with Gasteiger partial charge in [0.15, 0.2) is 0 Å². The zero-order valence-corrected chi connectivity index (χ0v) is 12.8. The fraction of sp³-hybridized carbons (Fsp3) is 0.600. The molecule has 0 atom stereocenters. The zero-order valence-electron chi connectivity index (χ0n) is 12.0. The first-order valence-electron chi connectivity index (χ1n) is 7.02. The SMILES string of the molecule is CCCC1(CCC)CN(S(C)(=O)=O)c2ccccc21. The third-order valence-electron chi connectivity index (χ3n) is 4.05. The maximum Gasteiger partial charge on any atom is 0.232 e. The average Bonchev–Trinajstić information content (AvgIpc) is 2.66. The maximum atomic E-state index is 12.0. The molecule has 0 unspecified atom stereocenters. The Kier molecular flexibility index (Phi) is 3.90. The number of nitrogens with zero attached hydrogens (tertiary/aromatic N) is 1. The highest BCUT2D eigenvalue weighted by molar-refractivity contribution is 7.92. The predicted molar refractivity (Wildman–Crippen MR) is 80.1 cm³/mol. The summed E-state index contributed by atoms with van der Waals surface area (Å²) in [7, 11) is -3.19. The van der Waals surface area contributed by atoms with Crippen LogP contribution >= 0.6 is 0 Å². The van der Waals surface area contributed by atoms with Crippen molar-refractivity contribution >= 4 is 15.7 Å². The third kappa shape index (κ3) is 2.50. The van der Waals surface area contributed by atoms with Crippen molar-refractivity contribution in [1.82, 2.24) is 0 Å². The summed E-state index contributed by atoms with van der Waals surface area (Å²) in [4.78, 5) is 0. The van der Waals surface area contributed by atoms with Gasteiger partial charge in [-0.05, 0) is 24.5 Å². The van der Waals surface area contributed by atoms with Crippen molar-refractivity contribution in [3.05, 3.63) is 29.8 Å². The number of hydrogen-bond donors (Lipinski definition) is 0. The van der Waals surface area contributed by atoms with E-state index >= 15 is 0 Å². The maximum absolute atomic E-state index is 12.0. The van der Waals surface area contributed by atoms with Gasteiger partial charge < -0.3 is 0 Å². The summed E-state index contributed by atoms with van der Waals surface area (Å²) >= 11 is 0. The second kappa shape index (κ2) is 5.16. The molecule has 3 nitrogen and oxygen atoms in total. The largest absolute Gasteiger partial charge is 0.269 e. The van der Waals surface area contributed by atoms with Gasteiger partial charge in [-0.3, -0.25) is 4.31 Å². The summed E-state index contributed by atoms with van der Waals surface area (Å²) in [6.45, 7) is 4.94. The Balaban J connectivity index is 2.55. The van der Waals surface area contributed by atoms with Gasteiger partial charge in [-0.25, -0.2) is 8.42 Å². The highest BCUT2D eigenvalue weighted by atomic mass is 32.2. The summed E-state index contributed by atoms with van der Waals surface area (Å²) < 4.78 is 25.6. The lowest BCUT2D eigenvalue weighted by Gasteiger charge is -2.29. The minimum absolute atomic E-state index is 0.00315. The molecular weight excluding hydrogens is 258 g/mol. The molecule has 4 heteroatoms. The molecule has 0 spiro atoms. The molecule has 1 aromatic carbocycles. The van der Waals surface area contributed by atoms with E-state index in [1.807, 2.05) is 18.2 Å². The Bertz CT molecular complexity index is 545. The Labute approximate surface area is 116 Å². The van der Waals surface area contributed by atoms with Crippen LogP contribution in [-0.4, -0.2) is 21.2 Å². The summed E-state index contributed by atoms with van der Waals surface area (Å²) in [5.41, 5.74) is 2.10. The molecule has 1 aromatic rings. The summed E-state index contributed by atoms with van der Waals surface area (Å²) in [6, 6.07) is 7.98. The van der Waals surface area contributed by atoms with Crippen LogP contribution in [0.3, 0.4) is 0 Å². The van der Waals surface area contributed by atoms with E-state index in [2.05, 4.69) is 19.9 Å². The standard InChI is InChI=1S/C15H23NO2S/c1-4-10-15(11-5-2)12-16(19(3,17)18)14-9-7-6-8-13(14)15/h6-9H,4-5,10-12H2,1-3H3. The first-order chi connectivity index (χ1) is 8.94. The molecule has 0 saturated carbocycles. The fourth-order valence-corrected chi connectivity index (χ4v) is 4.39. The van der Waals surface area contributed by atoms with Crippen LogP contribution < -0.4 is 4.31 Å². The molecule has 19 heavy (non-hydrogen) atoms. The summed E-state index contributed by atoms with van der Waals surface area (Å²) in [5.74, 6) is 0. The van der Waals surface area contributed by atoms with Gasteiger partial charge in [0.25, 0.3) is 0 Å². The van der Waals surface area contributed by atoms with E-state index in [9.17, 15) is 8.42 Å². The lowest BCUT2D eigenvalue weighted by Crippen LogP contribution is -2.36. The monoisotopic (exact) mass is 281 g/mol. The quantitative estimate of drug-likeness (QED) is 0.830. The van der Waals surface area contributed by atoms with Crippen molar-refractivity contribution in [2.24, 2.45) is 0 Å².